The molecule has 0 aliphatic heterocycles. The van der Waals surface area contributed by atoms with Gasteiger partial charge in [-0.15, -0.1) is 0 Å². The molecule has 0 amide bonds. The van der Waals surface area contributed by atoms with Crippen LogP contribution in [0.5, 0.6) is 0 Å². The van der Waals surface area contributed by atoms with Gasteiger partial charge in [0, 0.05) is 12.5 Å². The van der Waals surface area contributed by atoms with E-state index in [0.29, 0.717) is 18.3 Å². The Kier molecular flexibility index (Phi) is 4.89. The third kappa shape index (κ3) is 3.29. The van der Waals surface area contributed by atoms with Gasteiger partial charge in [-0.1, -0.05) is 31.9 Å². The Labute approximate surface area is 139 Å². The molecule has 2 aliphatic rings. The first-order valence-electron chi connectivity index (χ1n) is 8.71. The fraction of sp³-hybridized carbons (Fsp3) is 0.700. The highest BCUT2D eigenvalue weighted by Gasteiger charge is 2.54. The van der Waals surface area contributed by atoms with Crippen LogP contribution >= 0.6 is 0 Å². The van der Waals surface area contributed by atoms with E-state index in [2.05, 4.69) is 27.7 Å². The summed E-state index contributed by atoms with van der Waals surface area (Å²) in [6.45, 7) is 10.9. The first-order chi connectivity index (χ1) is 10.6. The molecule has 0 unspecified atom stereocenters. The van der Waals surface area contributed by atoms with E-state index in [4.69, 9.17) is 5.11 Å². The summed E-state index contributed by atoms with van der Waals surface area (Å²) in [7, 11) is 0. The highest BCUT2D eigenvalue weighted by molar-refractivity contribution is 5.92. The van der Waals surface area contributed by atoms with Crippen molar-refractivity contribution in [3.63, 3.8) is 0 Å². The van der Waals surface area contributed by atoms with Gasteiger partial charge in [-0.25, -0.2) is 4.79 Å². The molecule has 2 rings (SSSR count). The van der Waals surface area contributed by atoms with Crippen molar-refractivity contribution in [2.24, 2.45) is 22.7 Å². The average Bonchev–Trinajstić information content (AvgIpc) is 2.44. The summed E-state index contributed by atoms with van der Waals surface area (Å²) >= 11 is 0. The molecule has 0 spiro atoms. The first kappa shape index (κ1) is 18.0. The number of hydrogen-bond acceptors (Lipinski definition) is 2. The second-order valence-corrected chi connectivity index (χ2v) is 8.24. The summed E-state index contributed by atoms with van der Waals surface area (Å²) in [5.74, 6) is 0.287. The standard InChI is InChI=1S/C20H30O3/c1-13(10-18(22)23)6-8-19(4)14(2)7-9-20(5)15(3)11-16(21)12-17(19)20/h10-11,14,17H,6-9,12H2,1-5H3,(H,22,23)/b13-10+/t14-,17+,19-,20-/m0/s1. The molecule has 0 radical (unpaired) electrons. The van der Waals surface area contributed by atoms with Crippen LogP contribution in [-0.2, 0) is 9.59 Å². The zero-order valence-corrected chi connectivity index (χ0v) is 15.1. The van der Waals surface area contributed by atoms with Crippen LogP contribution in [0.2, 0.25) is 0 Å². The molecule has 0 saturated heterocycles. The van der Waals surface area contributed by atoms with Crippen molar-refractivity contribution in [3.05, 3.63) is 23.3 Å². The van der Waals surface area contributed by atoms with Crippen LogP contribution in [0.25, 0.3) is 0 Å². The second kappa shape index (κ2) is 6.26. The van der Waals surface area contributed by atoms with Gasteiger partial charge in [0.1, 0.15) is 0 Å². The molecular formula is C20H30O3. The number of carboxylic acids is 1. The van der Waals surface area contributed by atoms with Crippen LogP contribution in [0.4, 0.5) is 0 Å². The number of rotatable bonds is 4. The van der Waals surface area contributed by atoms with E-state index in [1.807, 2.05) is 13.0 Å². The van der Waals surface area contributed by atoms with E-state index in [0.717, 1.165) is 24.8 Å². The molecule has 0 heterocycles. The molecule has 4 atom stereocenters. The van der Waals surface area contributed by atoms with E-state index in [1.165, 1.54) is 18.1 Å². The molecular weight excluding hydrogens is 288 g/mol. The lowest BCUT2D eigenvalue weighted by molar-refractivity contribution is -0.131. The molecule has 3 heteroatoms. The fourth-order valence-corrected chi connectivity index (χ4v) is 4.86. The van der Waals surface area contributed by atoms with Gasteiger partial charge in [0.15, 0.2) is 5.78 Å². The van der Waals surface area contributed by atoms with Gasteiger partial charge in [0.25, 0.3) is 0 Å². The second-order valence-electron chi connectivity index (χ2n) is 8.24. The number of hydrogen-bond donors (Lipinski definition) is 1. The maximum Gasteiger partial charge on any atom is 0.328 e. The summed E-state index contributed by atoms with van der Waals surface area (Å²) < 4.78 is 0. The number of fused-ring (bicyclic) bond motifs is 1. The predicted molar refractivity (Wildman–Crippen MR) is 92.1 cm³/mol. The lowest BCUT2D eigenvalue weighted by Gasteiger charge is -2.57. The third-order valence-electron chi connectivity index (χ3n) is 6.90. The summed E-state index contributed by atoms with van der Waals surface area (Å²) in [6, 6.07) is 0. The number of carbonyl (C=O) groups excluding carboxylic acids is 1. The quantitative estimate of drug-likeness (QED) is 0.759. The van der Waals surface area contributed by atoms with E-state index < -0.39 is 5.97 Å². The summed E-state index contributed by atoms with van der Waals surface area (Å²) in [6.07, 6.45) is 7.85. The molecule has 3 nitrogen and oxygen atoms in total. The minimum absolute atomic E-state index is 0.0752. The Hall–Kier alpha value is -1.38. The van der Waals surface area contributed by atoms with Crippen molar-refractivity contribution >= 4 is 11.8 Å². The number of allylic oxidation sites excluding steroid dienone is 3. The zero-order valence-electron chi connectivity index (χ0n) is 15.1. The Morgan fingerprint density at radius 3 is 2.70 bits per heavy atom. The van der Waals surface area contributed by atoms with Gasteiger partial charge in [0.2, 0.25) is 0 Å². The van der Waals surface area contributed by atoms with Crippen molar-refractivity contribution in [2.75, 3.05) is 0 Å². The number of aliphatic carboxylic acids is 1. The van der Waals surface area contributed by atoms with Crippen LogP contribution in [0.3, 0.4) is 0 Å². The average molecular weight is 318 g/mol. The van der Waals surface area contributed by atoms with Crippen LogP contribution in [0, 0.1) is 22.7 Å². The normalized spacial score (nSPS) is 38.0. The van der Waals surface area contributed by atoms with Gasteiger partial charge < -0.3 is 5.11 Å². The summed E-state index contributed by atoms with van der Waals surface area (Å²) in [5.41, 5.74) is 2.33. The number of carbonyl (C=O) groups is 2. The van der Waals surface area contributed by atoms with Gasteiger partial charge in [0.05, 0.1) is 0 Å². The molecule has 0 aromatic heterocycles. The molecule has 0 aromatic carbocycles. The molecule has 1 saturated carbocycles. The third-order valence-corrected chi connectivity index (χ3v) is 6.90. The molecule has 0 bridgehead atoms. The monoisotopic (exact) mass is 318 g/mol. The van der Waals surface area contributed by atoms with E-state index in [9.17, 15) is 9.59 Å². The SMILES string of the molecule is CC1=CC(=O)C[C@@H]2[C@@](C)(CC/C(C)=C/C(=O)O)[C@@H](C)CC[C@@]12C. The summed E-state index contributed by atoms with van der Waals surface area (Å²) in [5, 5.41) is 8.91. The molecule has 0 aromatic rings. The Morgan fingerprint density at radius 1 is 1.43 bits per heavy atom. The first-order valence-corrected chi connectivity index (χ1v) is 8.71. The Balaban J connectivity index is 2.29. The highest BCUT2D eigenvalue weighted by Crippen LogP contribution is 2.61. The molecule has 128 valence electrons. The maximum absolute atomic E-state index is 12.2. The Morgan fingerprint density at radius 2 is 2.09 bits per heavy atom. The maximum atomic E-state index is 12.2. The van der Waals surface area contributed by atoms with Crippen LogP contribution in [0.1, 0.15) is 66.7 Å². The molecule has 2 aliphatic carbocycles. The predicted octanol–water partition coefficient (Wildman–Crippen LogP) is 4.78. The zero-order chi connectivity index (χ0) is 17.4. The van der Waals surface area contributed by atoms with Gasteiger partial charge in [-0.05, 0) is 68.3 Å². The van der Waals surface area contributed by atoms with Gasteiger partial charge >= 0.3 is 5.97 Å². The topological polar surface area (TPSA) is 54.4 Å². The van der Waals surface area contributed by atoms with Gasteiger partial charge in [-0.3, -0.25) is 4.79 Å². The van der Waals surface area contributed by atoms with Crippen molar-refractivity contribution in [1.82, 2.24) is 0 Å². The van der Waals surface area contributed by atoms with Crippen LogP contribution in [-0.4, -0.2) is 16.9 Å². The van der Waals surface area contributed by atoms with Crippen LogP contribution in [0.15, 0.2) is 23.3 Å². The molecule has 1 fully saturated rings. The lowest BCUT2D eigenvalue weighted by Crippen LogP contribution is -2.50. The highest BCUT2D eigenvalue weighted by atomic mass is 16.4. The minimum Gasteiger partial charge on any atom is -0.478 e. The largest absolute Gasteiger partial charge is 0.478 e. The minimum atomic E-state index is -0.874. The number of carboxylic acid groups (broad SMARTS) is 1. The van der Waals surface area contributed by atoms with Crippen molar-refractivity contribution in [1.29, 1.82) is 0 Å². The fourth-order valence-electron chi connectivity index (χ4n) is 4.86. The van der Waals surface area contributed by atoms with Gasteiger partial charge in [-0.2, -0.15) is 0 Å². The number of ketones is 1. The lowest BCUT2D eigenvalue weighted by atomic mass is 9.47. The molecule has 1 N–H and O–H groups in total. The van der Waals surface area contributed by atoms with Crippen molar-refractivity contribution in [3.8, 4) is 0 Å². The Bertz CT molecular complexity index is 571. The van der Waals surface area contributed by atoms with E-state index in [1.54, 1.807) is 0 Å². The van der Waals surface area contributed by atoms with Crippen LogP contribution < -0.4 is 0 Å². The summed E-state index contributed by atoms with van der Waals surface area (Å²) in [4.78, 5) is 23.0. The van der Waals surface area contributed by atoms with E-state index in [-0.39, 0.29) is 16.6 Å². The smallest absolute Gasteiger partial charge is 0.328 e. The molecule has 23 heavy (non-hydrogen) atoms. The van der Waals surface area contributed by atoms with Crippen molar-refractivity contribution < 1.29 is 14.7 Å². The van der Waals surface area contributed by atoms with Crippen molar-refractivity contribution in [2.45, 2.75) is 66.7 Å². The van der Waals surface area contributed by atoms with E-state index >= 15 is 0 Å².